The van der Waals surface area contributed by atoms with E-state index in [9.17, 15) is 5.11 Å². The lowest BCUT2D eigenvalue weighted by Gasteiger charge is -2.32. The Morgan fingerprint density at radius 2 is 1.75 bits per heavy atom. The van der Waals surface area contributed by atoms with Crippen molar-refractivity contribution in [3.8, 4) is 5.75 Å². The summed E-state index contributed by atoms with van der Waals surface area (Å²) in [6.07, 6.45) is 3.00. The van der Waals surface area contributed by atoms with Gasteiger partial charge in [0.2, 0.25) is 0 Å². The molecule has 0 aliphatic carbocycles. The van der Waals surface area contributed by atoms with Gasteiger partial charge >= 0.3 is 7.12 Å². The van der Waals surface area contributed by atoms with Crippen LogP contribution in [0.4, 0.5) is 0 Å². The summed E-state index contributed by atoms with van der Waals surface area (Å²) in [7, 11) is -0.534. The van der Waals surface area contributed by atoms with Gasteiger partial charge in [0, 0.05) is 11.7 Å². The van der Waals surface area contributed by atoms with Gasteiger partial charge in [-0.25, -0.2) is 0 Å². The van der Waals surface area contributed by atoms with Gasteiger partial charge in [-0.05, 0) is 33.8 Å². The van der Waals surface area contributed by atoms with Crippen LogP contribution in [-0.4, -0.2) is 28.4 Å². The summed E-state index contributed by atoms with van der Waals surface area (Å²) in [5, 5.41) is 9.69. The second kappa shape index (κ2) is 3.47. The molecule has 86 valence electrons. The molecule has 0 unspecified atom stereocenters. The van der Waals surface area contributed by atoms with Gasteiger partial charge in [0.1, 0.15) is 5.75 Å². The fourth-order valence-corrected chi connectivity index (χ4v) is 1.57. The van der Waals surface area contributed by atoms with Crippen LogP contribution in [0, 0.1) is 0 Å². The monoisotopic (exact) mass is 221 g/mol. The third-order valence-corrected chi connectivity index (χ3v) is 3.34. The molecule has 5 heteroatoms. The molecule has 0 radical (unpaired) electrons. The van der Waals surface area contributed by atoms with Crippen molar-refractivity contribution in [2.24, 2.45) is 0 Å². The molecule has 0 atom stereocenters. The molecule has 0 spiro atoms. The average molecular weight is 221 g/mol. The molecule has 1 aliphatic heterocycles. The Morgan fingerprint density at radius 1 is 1.19 bits per heavy atom. The molecular weight excluding hydrogens is 205 g/mol. The summed E-state index contributed by atoms with van der Waals surface area (Å²) >= 11 is 0. The average Bonchev–Trinajstić information content (AvgIpc) is 2.36. The van der Waals surface area contributed by atoms with E-state index in [1.165, 1.54) is 6.20 Å². The fraction of sp³-hybridized carbons (Fsp3) is 0.545. The van der Waals surface area contributed by atoms with Gasteiger partial charge in [0.05, 0.1) is 17.4 Å². The van der Waals surface area contributed by atoms with Gasteiger partial charge < -0.3 is 14.4 Å². The van der Waals surface area contributed by atoms with Crippen molar-refractivity contribution in [1.82, 2.24) is 4.98 Å². The zero-order chi connectivity index (χ0) is 12.0. The largest absolute Gasteiger partial charge is 0.507 e. The lowest BCUT2D eigenvalue weighted by atomic mass is 9.79. The first-order valence-corrected chi connectivity index (χ1v) is 5.32. The molecule has 1 aromatic heterocycles. The summed E-state index contributed by atoms with van der Waals surface area (Å²) in [4.78, 5) is 3.83. The van der Waals surface area contributed by atoms with Gasteiger partial charge in [0.25, 0.3) is 0 Å². The third-order valence-electron chi connectivity index (χ3n) is 3.34. The molecule has 0 bridgehead atoms. The predicted molar refractivity (Wildman–Crippen MR) is 61.6 cm³/mol. The Morgan fingerprint density at radius 3 is 2.25 bits per heavy atom. The number of nitrogens with zero attached hydrogens (tertiary/aromatic N) is 1. The van der Waals surface area contributed by atoms with E-state index in [1.807, 2.05) is 27.7 Å². The highest BCUT2D eigenvalue weighted by Crippen LogP contribution is 2.36. The summed E-state index contributed by atoms with van der Waals surface area (Å²) < 4.78 is 11.6. The van der Waals surface area contributed by atoms with Crippen LogP contribution in [0.1, 0.15) is 27.7 Å². The van der Waals surface area contributed by atoms with Crippen LogP contribution in [0.5, 0.6) is 5.75 Å². The lowest BCUT2D eigenvalue weighted by Crippen LogP contribution is -2.41. The molecule has 1 fully saturated rings. The second-order valence-electron chi connectivity index (χ2n) is 5.02. The zero-order valence-electron chi connectivity index (χ0n) is 10.0. The molecule has 1 aliphatic rings. The van der Waals surface area contributed by atoms with Crippen molar-refractivity contribution in [3.05, 3.63) is 18.5 Å². The number of aromatic nitrogens is 1. The topological polar surface area (TPSA) is 51.6 Å². The second-order valence-corrected chi connectivity index (χ2v) is 5.02. The Kier molecular flexibility index (Phi) is 2.47. The first-order chi connectivity index (χ1) is 7.33. The standard InChI is InChI=1S/C11H16BNO3/c1-10(2)11(3,4)16-12(15-10)8-5-6-13-7-9(8)14/h5-7,14H,1-4H3. The molecule has 0 amide bonds. The van der Waals surface area contributed by atoms with Crippen LogP contribution < -0.4 is 5.46 Å². The molecule has 2 heterocycles. The van der Waals surface area contributed by atoms with E-state index >= 15 is 0 Å². The zero-order valence-corrected chi connectivity index (χ0v) is 10.0. The Bertz CT molecular complexity index is 390. The van der Waals surface area contributed by atoms with Gasteiger partial charge in [-0.15, -0.1) is 0 Å². The maximum atomic E-state index is 9.69. The van der Waals surface area contributed by atoms with Crippen molar-refractivity contribution in [1.29, 1.82) is 0 Å². The predicted octanol–water partition coefficient (Wildman–Crippen LogP) is 1.09. The van der Waals surface area contributed by atoms with Crippen molar-refractivity contribution in [2.45, 2.75) is 38.9 Å². The highest BCUT2D eigenvalue weighted by atomic mass is 16.7. The van der Waals surface area contributed by atoms with Crippen molar-refractivity contribution < 1.29 is 14.4 Å². The van der Waals surface area contributed by atoms with E-state index in [2.05, 4.69) is 4.98 Å². The summed E-state index contributed by atoms with van der Waals surface area (Å²) in [5.41, 5.74) is -0.172. The maximum Gasteiger partial charge on any atom is 0.498 e. The van der Waals surface area contributed by atoms with Crippen LogP contribution in [0.3, 0.4) is 0 Å². The number of hydrogen-bond donors (Lipinski definition) is 1. The third kappa shape index (κ3) is 1.70. The minimum atomic E-state index is -0.534. The lowest BCUT2D eigenvalue weighted by molar-refractivity contribution is 0.00578. The number of aromatic hydroxyl groups is 1. The molecule has 0 aromatic carbocycles. The van der Waals surface area contributed by atoms with E-state index in [1.54, 1.807) is 12.3 Å². The van der Waals surface area contributed by atoms with Crippen LogP contribution in [0.2, 0.25) is 0 Å². The van der Waals surface area contributed by atoms with Gasteiger partial charge in [-0.2, -0.15) is 0 Å². The first kappa shape index (κ1) is 11.4. The minimum Gasteiger partial charge on any atom is -0.507 e. The number of rotatable bonds is 1. The molecular formula is C11H16BNO3. The minimum absolute atomic E-state index is 0.0981. The number of pyridine rings is 1. The van der Waals surface area contributed by atoms with E-state index in [-0.39, 0.29) is 5.75 Å². The van der Waals surface area contributed by atoms with E-state index in [0.717, 1.165) is 0 Å². The molecule has 1 aromatic rings. The van der Waals surface area contributed by atoms with E-state index in [0.29, 0.717) is 5.46 Å². The van der Waals surface area contributed by atoms with Crippen LogP contribution in [0.15, 0.2) is 18.5 Å². The normalized spacial score (nSPS) is 22.4. The van der Waals surface area contributed by atoms with Crippen LogP contribution in [-0.2, 0) is 9.31 Å². The Labute approximate surface area is 95.7 Å². The van der Waals surface area contributed by atoms with Crippen molar-refractivity contribution in [3.63, 3.8) is 0 Å². The fourth-order valence-electron chi connectivity index (χ4n) is 1.57. The smallest absolute Gasteiger partial charge is 0.498 e. The maximum absolute atomic E-state index is 9.69. The Hall–Kier alpha value is -1.07. The van der Waals surface area contributed by atoms with Crippen LogP contribution in [0.25, 0.3) is 0 Å². The highest BCUT2D eigenvalue weighted by molar-refractivity contribution is 6.63. The van der Waals surface area contributed by atoms with Crippen molar-refractivity contribution >= 4 is 12.6 Å². The molecule has 1 N–H and O–H groups in total. The van der Waals surface area contributed by atoms with E-state index < -0.39 is 18.3 Å². The molecule has 0 saturated carbocycles. The molecule has 2 rings (SSSR count). The van der Waals surface area contributed by atoms with Gasteiger partial charge in [0.15, 0.2) is 0 Å². The quantitative estimate of drug-likeness (QED) is 0.721. The summed E-state index contributed by atoms with van der Waals surface area (Å²) in [5.74, 6) is 0.0981. The Balaban J connectivity index is 2.31. The van der Waals surface area contributed by atoms with Gasteiger partial charge in [-0.1, -0.05) is 0 Å². The van der Waals surface area contributed by atoms with Gasteiger partial charge in [-0.3, -0.25) is 4.98 Å². The highest BCUT2D eigenvalue weighted by Gasteiger charge is 2.52. The molecule has 4 nitrogen and oxygen atoms in total. The summed E-state index contributed by atoms with van der Waals surface area (Å²) in [6, 6.07) is 1.71. The number of hydrogen-bond acceptors (Lipinski definition) is 4. The van der Waals surface area contributed by atoms with Crippen LogP contribution >= 0.6 is 0 Å². The van der Waals surface area contributed by atoms with Crippen molar-refractivity contribution in [2.75, 3.05) is 0 Å². The first-order valence-electron chi connectivity index (χ1n) is 5.32. The SMILES string of the molecule is CC1(C)OB(c2ccncc2O)OC1(C)C. The van der Waals surface area contributed by atoms with E-state index in [4.69, 9.17) is 9.31 Å². The molecule has 1 saturated heterocycles. The molecule has 16 heavy (non-hydrogen) atoms. The summed E-state index contributed by atoms with van der Waals surface area (Å²) in [6.45, 7) is 7.91.